The van der Waals surface area contributed by atoms with Gasteiger partial charge in [-0.1, -0.05) is 24.2 Å². The van der Waals surface area contributed by atoms with E-state index in [9.17, 15) is 22.8 Å². The van der Waals surface area contributed by atoms with Gasteiger partial charge in [0.25, 0.3) is 5.91 Å². The third-order valence-electron chi connectivity index (χ3n) is 4.61. The lowest BCUT2D eigenvalue weighted by atomic mass is 10.1. The molecule has 1 aromatic carbocycles. The number of rotatable bonds is 11. The van der Waals surface area contributed by atoms with Crippen LogP contribution in [0.4, 0.5) is 18.0 Å². The summed E-state index contributed by atoms with van der Waals surface area (Å²) in [6.07, 6.45) is -4.21. The molecule has 1 aromatic heterocycles. The Hall–Kier alpha value is -3.15. The van der Waals surface area contributed by atoms with E-state index >= 15 is 0 Å². The van der Waals surface area contributed by atoms with E-state index in [0.717, 1.165) is 25.9 Å². The Balaban J connectivity index is 1.84. The topological polar surface area (TPSA) is 121 Å². The molecule has 1 heterocycles. The number of halogens is 3. The van der Waals surface area contributed by atoms with Crippen LogP contribution in [0.15, 0.2) is 28.8 Å². The summed E-state index contributed by atoms with van der Waals surface area (Å²) in [5.41, 5.74) is 0.645. The molecule has 0 aliphatic rings. The molecular formula is C20H26F3N5O4. The van der Waals surface area contributed by atoms with Gasteiger partial charge in [-0.05, 0) is 45.0 Å². The van der Waals surface area contributed by atoms with Gasteiger partial charge < -0.3 is 25.2 Å². The van der Waals surface area contributed by atoms with Crippen molar-refractivity contribution in [2.75, 3.05) is 26.2 Å². The Bertz CT molecular complexity index is 886. The van der Waals surface area contributed by atoms with Crippen LogP contribution >= 0.6 is 0 Å². The number of alkyl halides is 3. The predicted octanol–water partition coefficient (Wildman–Crippen LogP) is 3.24. The number of unbranched alkanes of at least 4 members (excludes halogenated alkanes) is 1. The Morgan fingerprint density at radius 3 is 2.47 bits per heavy atom. The van der Waals surface area contributed by atoms with Crippen molar-refractivity contribution in [3.05, 3.63) is 35.7 Å². The highest BCUT2D eigenvalue weighted by atomic mass is 19.4. The average Bonchev–Trinajstić information content (AvgIpc) is 3.23. The second kappa shape index (κ2) is 11.5. The molecule has 0 radical (unpaired) electrons. The molecule has 176 valence electrons. The number of carbonyl (C=O) groups excluding carboxylic acids is 1. The highest BCUT2D eigenvalue weighted by Gasteiger charge is 2.38. The Labute approximate surface area is 183 Å². The Morgan fingerprint density at radius 1 is 1.22 bits per heavy atom. The van der Waals surface area contributed by atoms with E-state index in [0.29, 0.717) is 24.2 Å². The van der Waals surface area contributed by atoms with Gasteiger partial charge in [0.1, 0.15) is 0 Å². The number of carbonyl (C=O) groups is 2. The van der Waals surface area contributed by atoms with E-state index in [1.54, 1.807) is 0 Å². The molecule has 0 aliphatic carbocycles. The molecule has 3 N–H and O–H groups in total. The molecule has 1 atom stereocenters. The smallest absolute Gasteiger partial charge is 0.465 e. The fourth-order valence-electron chi connectivity index (χ4n) is 3.00. The molecule has 0 bridgehead atoms. The Kier molecular flexibility index (Phi) is 9.00. The summed E-state index contributed by atoms with van der Waals surface area (Å²) in [5, 5.41) is 17.1. The minimum atomic E-state index is -4.72. The first-order valence-corrected chi connectivity index (χ1v) is 10.1. The normalized spacial score (nSPS) is 12.6. The summed E-state index contributed by atoms with van der Waals surface area (Å²) >= 11 is 0. The molecule has 2 rings (SSSR count). The minimum absolute atomic E-state index is 0.147. The van der Waals surface area contributed by atoms with Gasteiger partial charge in [-0.2, -0.15) is 18.2 Å². The van der Waals surface area contributed by atoms with Gasteiger partial charge in [-0.15, -0.1) is 0 Å². The zero-order valence-electron chi connectivity index (χ0n) is 17.8. The van der Waals surface area contributed by atoms with E-state index in [2.05, 4.69) is 30.2 Å². The van der Waals surface area contributed by atoms with Crippen molar-refractivity contribution in [3.63, 3.8) is 0 Å². The number of likely N-dealkylation sites (N-methyl/N-ethyl adjacent to an activating group) is 1. The molecule has 0 saturated carbocycles. The second-order valence-corrected chi connectivity index (χ2v) is 7.21. The molecule has 2 amide bonds. The second-order valence-electron chi connectivity index (χ2n) is 7.21. The van der Waals surface area contributed by atoms with Crippen molar-refractivity contribution in [2.45, 2.75) is 38.9 Å². The lowest BCUT2D eigenvalue weighted by molar-refractivity contribution is -0.159. The summed E-state index contributed by atoms with van der Waals surface area (Å²) in [5.74, 6) is -1.95. The number of carboxylic acid groups (broad SMARTS) is 1. The van der Waals surface area contributed by atoms with Gasteiger partial charge in [-0.3, -0.25) is 4.79 Å². The fourth-order valence-corrected chi connectivity index (χ4v) is 3.00. The SMILES string of the molecule is CCN(CCCCNC(=O)O)C[C@@H](C)NC(=O)c1ccc(-c2noc(C(F)(F)F)n2)cc1. The number of hydrogen-bond acceptors (Lipinski definition) is 6. The summed E-state index contributed by atoms with van der Waals surface area (Å²) < 4.78 is 42.0. The average molecular weight is 457 g/mol. The summed E-state index contributed by atoms with van der Waals surface area (Å²) in [6, 6.07) is 5.72. The maximum absolute atomic E-state index is 12.6. The Morgan fingerprint density at radius 2 is 1.91 bits per heavy atom. The van der Waals surface area contributed by atoms with Crippen molar-refractivity contribution in [3.8, 4) is 11.4 Å². The lowest BCUT2D eigenvalue weighted by Crippen LogP contribution is -2.42. The molecule has 12 heteroatoms. The van der Waals surface area contributed by atoms with Crippen LogP contribution in [0.1, 0.15) is 42.9 Å². The molecule has 0 saturated heterocycles. The van der Waals surface area contributed by atoms with Crippen LogP contribution < -0.4 is 10.6 Å². The third kappa shape index (κ3) is 7.84. The number of benzene rings is 1. The van der Waals surface area contributed by atoms with Gasteiger partial charge in [0, 0.05) is 30.3 Å². The number of aromatic nitrogens is 2. The van der Waals surface area contributed by atoms with E-state index in [4.69, 9.17) is 5.11 Å². The fraction of sp³-hybridized carbons (Fsp3) is 0.500. The highest BCUT2D eigenvalue weighted by molar-refractivity contribution is 5.94. The predicted molar refractivity (Wildman–Crippen MR) is 109 cm³/mol. The molecule has 9 nitrogen and oxygen atoms in total. The largest absolute Gasteiger partial charge is 0.471 e. The van der Waals surface area contributed by atoms with Crippen LogP contribution in [0.3, 0.4) is 0 Å². The number of amides is 2. The number of nitrogens with zero attached hydrogens (tertiary/aromatic N) is 3. The van der Waals surface area contributed by atoms with Crippen molar-refractivity contribution in [2.24, 2.45) is 0 Å². The van der Waals surface area contributed by atoms with Crippen LogP contribution in [0, 0.1) is 0 Å². The van der Waals surface area contributed by atoms with Gasteiger partial charge in [0.2, 0.25) is 5.82 Å². The van der Waals surface area contributed by atoms with Crippen LogP contribution in [0.5, 0.6) is 0 Å². The van der Waals surface area contributed by atoms with Gasteiger partial charge in [0.05, 0.1) is 0 Å². The molecule has 2 aromatic rings. The van der Waals surface area contributed by atoms with Crippen LogP contribution in [-0.2, 0) is 6.18 Å². The minimum Gasteiger partial charge on any atom is -0.465 e. The monoisotopic (exact) mass is 457 g/mol. The quantitative estimate of drug-likeness (QED) is 0.443. The summed E-state index contributed by atoms with van der Waals surface area (Å²) in [7, 11) is 0. The van der Waals surface area contributed by atoms with E-state index in [1.807, 2.05) is 13.8 Å². The lowest BCUT2D eigenvalue weighted by Gasteiger charge is -2.25. The van der Waals surface area contributed by atoms with Crippen molar-refractivity contribution in [1.82, 2.24) is 25.7 Å². The first-order chi connectivity index (χ1) is 15.1. The molecular weight excluding hydrogens is 431 g/mol. The molecule has 0 spiro atoms. The maximum atomic E-state index is 12.6. The van der Waals surface area contributed by atoms with Crippen molar-refractivity contribution < 1.29 is 32.4 Å². The van der Waals surface area contributed by atoms with Crippen molar-refractivity contribution in [1.29, 1.82) is 0 Å². The highest BCUT2D eigenvalue weighted by Crippen LogP contribution is 2.29. The first-order valence-electron chi connectivity index (χ1n) is 10.1. The number of nitrogens with one attached hydrogen (secondary N) is 2. The third-order valence-corrected chi connectivity index (χ3v) is 4.61. The van der Waals surface area contributed by atoms with Crippen molar-refractivity contribution >= 4 is 12.0 Å². The first kappa shape index (κ1) is 25.1. The standard InChI is InChI=1S/C20H26F3N5O4/c1-3-28(11-5-4-10-24-19(30)31)12-13(2)25-17(29)15-8-6-14(7-9-15)16-26-18(32-27-16)20(21,22)23/h6-9,13,24H,3-5,10-12H2,1-2H3,(H,25,29)(H,30,31)/t13-/m1/s1. The summed E-state index contributed by atoms with van der Waals surface area (Å²) in [6.45, 7) is 6.46. The molecule has 32 heavy (non-hydrogen) atoms. The van der Waals surface area contributed by atoms with Gasteiger partial charge in [-0.25, -0.2) is 4.79 Å². The number of hydrogen-bond donors (Lipinski definition) is 3. The van der Waals surface area contributed by atoms with Crippen LogP contribution in [0.25, 0.3) is 11.4 Å². The van der Waals surface area contributed by atoms with E-state index in [1.165, 1.54) is 24.3 Å². The van der Waals surface area contributed by atoms with Crippen LogP contribution in [-0.4, -0.2) is 64.4 Å². The maximum Gasteiger partial charge on any atom is 0.471 e. The molecule has 0 aliphatic heterocycles. The molecule has 0 unspecified atom stereocenters. The summed E-state index contributed by atoms with van der Waals surface area (Å²) in [4.78, 5) is 28.4. The van der Waals surface area contributed by atoms with E-state index in [-0.39, 0.29) is 17.8 Å². The van der Waals surface area contributed by atoms with Gasteiger partial charge >= 0.3 is 18.2 Å². The van der Waals surface area contributed by atoms with E-state index < -0.39 is 18.2 Å². The zero-order valence-corrected chi connectivity index (χ0v) is 17.8. The zero-order chi connectivity index (χ0) is 23.7. The molecule has 0 fully saturated rings. The van der Waals surface area contributed by atoms with Crippen LogP contribution in [0.2, 0.25) is 0 Å². The van der Waals surface area contributed by atoms with Gasteiger partial charge in [0.15, 0.2) is 0 Å².